The van der Waals surface area contributed by atoms with Crippen LogP contribution in [0.1, 0.15) is 46.5 Å². The van der Waals surface area contributed by atoms with E-state index in [4.69, 9.17) is 5.84 Å². The van der Waals surface area contributed by atoms with Crippen molar-refractivity contribution < 1.29 is 0 Å². The van der Waals surface area contributed by atoms with Gasteiger partial charge < -0.3 is 0 Å². The second-order valence-corrected chi connectivity index (χ2v) is 2.88. The summed E-state index contributed by atoms with van der Waals surface area (Å²) >= 11 is 0. The summed E-state index contributed by atoms with van der Waals surface area (Å²) in [5, 5.41) is 0. The summed E-state index contributed by atoms with van der Waals surface area (Å²) in [6.45, 7) is 6.55. The lowest BCUT2D eigenvalue weighted by molar-refractivity contribution is 0.281. The van der Waals surface area contributed by atoms with Crippen LogP contribution in [0.3, 0.4) is 0 Å². The van der Waals surface area contributed by atoms with Gasteiger partial charge in [0.1, 0.15) is 0 Å². The van der Waals surface area contributed by atoms with Crippen LogP contribution >= 0.6 is 0 Å². The molecule has 0 aliphatic heterocycles. The summed E-state index contributed by atoms with van der Waals surface area (Å²) in [5.41, 5.74) is 3.12. The molecule has 0 atom stereocenters. The van der Waals surface area contributed by atoms with Gasteiger partial charge in [-0.1, -0.05) is 27.2 Å². The second kappa shape index (κ2) is 4.69. The van der Waals surface area contributed by atoms with Crippen LogP contribution in [0.2, 0.25) is 0 Å². The fourth-order valence-electron chi connectivity index (χ4n) is 1.36. The van der Waals surface area contributed by atoms with Gasteiger partial charge in [-0.3, -0.25) is 11.3 Å². The highest BCUT2D eigenvalue weighted by atomic mass is 15.3. The van der Waals surface area contributed by atoms with Crippen LogP contribution in [0.25, 0.3) is 0 Å². The van der Waals surface area contributed by atoms with E-state index in [0.717, 1.165) is 12.8 Å². The van der Waals surface area contributed by atoms with Crippen molar-refractivity contribution in [2.24, 2.45) is 5.84 Å². The summed E-state index contributed by atoms with van der Waals surface area (Å²) in [6.07, 6.45) is 4.62. The molecule has 3 N–H and O–H groups in total. The lowest BCUT2D eigenvalue weighted by Gasteiger charge is -2.30. The first-order chi connectivity index (χ1) is 4.74. The van der Waals surface area contributed by atoms with Gasteiger partial charge in [0, 0.05) is 5.54 Å². The average molecular weight is 144 g/mol. The molecule has 0 rings (SSSR count). The summed E-state index contributed by atoms with van der Waals surface area (Å²) in [7, 11) is 0. The van der Waals surface area contributed by atoms with Gasteiger partial charge in [0.15, 0.2) is 0 Å². The third-order valence-electron chi connectivity index (χ3n) is 2.39. The van der Waals surface area contributed by atoms with Crippen molar-refractivity contribution in [3.05, 3.63) is 0 Å². The van der Waals surface area contributed by atoms with Gasteiger partial charge in [-0.05, 0) is 19.3 Å². The Labute approximate surface area is 64.2 Å². The Hall–Kier alpha value is -0.0800. The highest BCUT2D eigenvalue weighted by molar-refractivity contribution is 4.81. The van der Waals surface area contributed by atoms with Gasteiger partial charge in [0.2, 0.25) is 0 Å². The van der Waals surface area contributed by atoms with E-state index in [2.05, 4.69) is 26.2 Å². The van der Waals surface area contributed by atoms with E-state index in [0.29, 0.717) is 0 Å². The van der Waals surface area contributed by atoms with Crippen molar-refractivity contribution in [2.75, 3.05) is 0 Å². The molecule has 10 heavy (non-hydrogen) atoms. The zero-order valence-corrected chi connectivity index (χ0v) is 7.41. The predicted molar refractivity (Wildman–Crippen MR) is 45.5 cm³/mol. The highest BCUT2D eigenvalue weighted by Gasteiger charge is 2.22. The summed E-state index contributed by atoms with van der Waals surface area (Å²) < 4.78 is 0. The van der Waals surface area contributed by atoms with E-state index >= 15 is 0 Å². The first-order valence-electron chi connectivity index (χ1n) is 4.22. The zero-order valence-electron chi connectivity index (χ0n) is 7.41. The van der Waals surface area contributed by atoms with E-state index in [9.17, 15) is 0 Å². The molecule has 2 heteroatoms. The molecule has 0 aliphatic rings. The third kappa shape index (κ3) is 2.27. The van der Waals surface area contributed by atoms with Crippen molar-refractivity contribution in [2.45, 2.75) is 52.0 Å². The maximum atomic E-state index is 5.46. The molecular formula is C8H20N2. The van der Waals surface area contributed by atoms with Crippen molar-refractivity contribution in [1.82, 2.24) is 5.43 Å². The molecule has 0 heterocycles. The Morgan fingerprint density at radius 3 is 1.80 bits per heavy atom. The average Bonchev–Trinajstić information content (AvgIpc) is 2.01. The van der Waals surface area contributed by atoms with E-state index in [1.165, 1.54) is 12.8 Å². The molecular weight excluding hydrogens is 124 g/mol. The number of nitrogens with two attached hydrogens (primary N) is 1. The van der Waals surface area contributed by atoms with E-state index < -0.39 is 0 Å². The minimum Gasteiger partial charge on any atom is -0.271 e. The number of hydrazine groups is 1. The van der Waals surface area contributed by atoms with Gasteiger partial charge in [-0.2, -0.15) is 0 Å². The molecule has 0 aromatic heterocycles. The van der Waals surface area contributed by atoms with Crippen LogP contribution in [0.15, 0.2) is 0 Å². The maximum Gasteiger partial charge on any atom is 0.0316 e. The number of nitrogens with one attached hydrogen (secondary N) is 1. The van der Waals surface area contributed by atoms with Crippen molar-refractivity contribution in [1.29, 1.82) is 0 Å². The molecule has 2 nitrogen and oxygen atoms in total. The largest absolute Gasteiger partial charge is 0.271 e. The first kappa shape index (κ1) is 9.92. The first-order valence-corrected chi connectivity index (χ1v) is 4.22. The monoisotopic (exact) mass is 144 g/mol. The minimum absolute atomic E-state index is 0.203. The normalized spacial score (nSPS) is 12.0. The number of hydrogen-bond acceptors (Lipinski definition) is 2. The highest BCUT2D eigenvalue weighted by Crippen LogP contribution is 2.19. The van der Waals surface area contributed by atoms with Gasteiger partial charge >= 0.3 is 0 Å². The molecule has 0 bridgehead atoms. The van der Waals surface area contributed by atoms with Crippen molar-refractivity contribution in [3.8, 4) is 0 Å². The van der Waals surface area contributed by atoms with Crippen molar-refractivity contribution in [3.63, 3.8) is 0 Å². The van der Waals surface area contributed by atoms with Crippen LogP contribution in [-0.4, -0.2) is 5.54 Å². The summed E-state index contributed by atoms with van der Waals surface area (Å²) in [6, 6.07) is 0. The van der Waals surface area contributed by atoms with Gasteiger partial charge in [-0.15, -0.1) is 0 Å². The molecule has 0 saturated carbocycles. The molecule has 0 amide bonds. The predicted octanol–water partition coefficient (Wildman–Crippen LogP) is 1.81. The Bertz CT molecular complexity index is 69.1. The van der Waals surface area contributed by atoms with Gasteiger partial charge in [0.25, 0.3) is 0 Å². The molecule has 0 aliphatic carbocycles. The maximum absolute atomic E-state index is 5.46. The molecule has 0 aromatic carbocycles. The minimum atomic E-state index is 0.203. The van der Waals surface area contributed by atoms with Gasteiger partial charge in [0.05, 0.1) is 0 Å². The van der Waals surface area contributed by atoms with E-state index in [1.807, 2.05) is 0 Å². The molecule has 0 unspecified atom stereocenters. The van der Waals surface area contributed by atoms with Crippen molar-refractivity contribution >= 4 is 0 Å². The SMILES string of the molecule is CCCC(CC)(CC)NN. The van der Waals surface area contributed by atoms with Crippen LogP contribution < -0.4 is 11.3 Å². The number of rotatable bonds is 5. The third-order valence-corrected chi connectivity index (χ3v) is 2.39. The zero-order chi connectivity index (χ0) is 8.04. The van der Waals surface area contributed by atoms with E-state index in [-0.39, 0.29) is 5.54 Å². The summed E-state index contributed by atoms with van der Waals surface area (Å²) in [5.74, 6) is 5.46. The Morgan fingerprint density at radius 1 is 1.20 bits per heavy atom. The number of hydrogen-bond donors (Lipinski definition) is 2. The second-order valence-electron chi connectivity index (χ2n) is 2.88. The van der Waals surface area contributed by atoms with Gasteiger partial charge in [-0.25, -0.2) is 0 Å². The van der Waals surface area contributed by atoms with Crippen LogP contribution in [0, 0.1) is 0 Å². The Kier molecular flexibility index (Phi) is 4.65. The fourth-order valence-corrected chi connectivity index (χ4v) is 1.36. The van der Waals surface area contributed by atoms with Crippen LogP contribution in [-0.2, 0) is 0 Å². The molecule has 0 spiro atoms. The lowest BCUT2D eigenvalue weighted by atomic mass is 9.89. The van der Waals surface area contributed by atoms with Crippen LogP contribution in [0.4, 0.5) is 0 Å². The Balaban J connectivity index is 3.87. The Morgan fingerprint density at radius 2 is 1.70 bits per heavy atom. The molecule has 0 fully saturated rings. The molecule has 0 aromatic rings. The molecule has 62 valence electrons. The standard InChI is InChI=1S/C8H20N2/c1-4-7-8(5-2,6-3)10-9/h10H,4-7,9H2,1-3H3. The quantitative estimate of drug-likeness (QED) is 0.456. The summed E-state index contributed by atoms with van der Waals surface area (Å²) in [4.78, 5) is 0. The topological polar surface area (TPSA) is 38.0 Å². The van der Waals surface area contributed by atoms with E-state index in [1.54, 1.807) is 0 Å². The fraction of sp³-hybridized carbons (Fsp3) is 1.00. The molecule has 0 saturated heterocycles. The smallest absolute Gasteiger partial charge is 0.0316 e. The lowest BCUT2D eigenvalue weighted by Crippen LogP contribution is -2.48. The molecule has 0 radical (unpaired) electrons. The van der Waals surface area contributed by atoms with Crippen LogP contribution in [0.5, 0.6) is 0 Å².